The van der Waals surface area contributed by atoms with Crippen molar-refractivity contribution in [1.29, 1.82) is 0 Å². The molecule has 3 aromatic heterocycles. The van der Waals surface area contributed by atoms with Gasteiger partial charge in [-0.05, 0) is 29.5 Å². The third-order valence-corrected chi connectivity index (χ3v) is 5.39. The molecule has 0 radical (unpaired) electrons. The van der Waals surface area contributed by atoms with Crippen LogP contribution < -0.4 is 4.90 Å². The van der Waals surface area contributed by atoms with Crippen molar-refractivity contribution in [2.24, 2.45) is 11.8 Å². The number of rotatable bonds is 4. The lowest BCUT2D eigenvalue weighted by Gasteiger charge is -2.22. The number of aromatic nitrogens is 5. The Bertz CT molecular complexity index is 851. The van der Waals surface area contributed by atoms with Gasteiger partial charge in [-0.25, -0.2) is 14.6 Å². The molecular weight excluding hydrogens is 326 g/mol. The quantitative estimate of drug-likeness (QED) is 0.715. The van der Waals surface area contributed by atoms with Crippen molar-refractivity contribution in [3.63, 3.8) is 0 Å². The van der Waals surface area contributed by atoms with Gasteiger partial charge in [-0.15, -0.1) is 0 Å². The lowest BCUT2D eigenvalue weighted by atomic mass is 10.0. The van der Waals surface area contributed by atoms with E-state index in [0.717, 1.165) is 44.4 Å². The van der Waals surface area contributed by atoms with E-state index >= 15 is 0 Å². The van der Waals surface area contributed by atoms with Gasteiger partial charge in [0.05, 0.1) is 0 Å². The second kappa shape index (κ2) is 6.49. The molecule has 5 heterocycles. The maximum absolute atomic E-state index is 4.50. The van der Waals surface area contributed by atoms with Crippen molar-refractivity contribution in [3.8, 4) is 5.82 Å². The van der Waals surface area contributed by atoms with Crippen LogP contribution in [0.4, 0.5) is 5.82 Å². The van der Waals surface area contributed by atoms with Gasteiger partial charge in [-0.2, -0.15) is 5.10 Å². The van der Waals surface area contributed by atoms with Gasteiger partial charge in [0, 0.05) is 63.6 Å². The minimum atomic E-state index is 0.704. The number of nitrogens with zero attached hydrogens (tertiary/aromatic N) is 7. The third kappa shape index (κ3) is 2.94. The Morgan fingerprint density at radius 1 is 0.962 bits per heavy atom. The summed E-state index contributed by atoms with van der Waals surface area (Å²) in [6, 6.07) is 8.10. The topological polar surface area (TPSA) is 63.0 Å². The number of fused-ring (bicyclic) bond motifs is 1. The first-order chi connectivity index (χ1) is 12.8. The molecule has 2 unspecified atom stereocenters. The van der Waals surface area contributed by atoms with Crippen molar-refractivity contribution >= 4 is 5.82 Å². The van der Waals surface area contributed by atoms with E-state index in [1.165, 1.54) is 5.56 Å². The highest BCUT2D eigenvalue weighted by atomic mass is 15.3. The van der Waals surface area contributed by atoms with Crippen molar-refractivity contribution in [3.05, 3.63) is 60.9 Å². The summed E-state index contributed by atoms with van der Waals surface area (Å²) in [5.74, 6) is 3.22. The van der Waals surface area contributed by atoms with Crippen molar-refractivity contribution in [2.75, 3.05) is 31.1 Å². The molecule has 2 fully saturated rings. The molecule has 0 amide bonds. The summed E-state index contributed by atoms with van der Waals surface area (Å²) in [7, 11) is 0. The molecule has 2 saturated heterocycles. The van der Waals surface area contributed by atoms with Crippen LogP contribution in [0.25, 0.3) is 5.82 Å². The van der Waals surface area contributed by atoms with E-state index in [4.69, 9.17) is 0 Å². The molecule has 132 valence electrons. The van der Waals surface area contributed by atoms with Gasteiger partial charge in [-0.1, -0.05) is 6.07 Å². The van der Waals surface area contributed by atoms with Gasteiger partial charge >= 0.3 is 0 Å². The van der Waals surface area contributed by atoms with E-state index in [9.17, 15) is 0 Å². The van der Waals surface area contributed by atoms with Gasteiger partial charge in [0.15, 0.2) is 5.82 Å². The molecule has 26 heavy (non-hydrogen) atoms. The summed E-state index contributed by atoms with van der Waals surface area (Å²) in [6.45, 7) is 5.41. The highest BCUT2D eigenvalue weighted by Gasteiger charge is 2.40. The molecule has 7 heteroatoms. The standard InChI is InChI=1S/C19H21N7/c1-3-15(8-20-4-1)9-24-10-16-12-25(13-17(16)11-24)18-7-19(22-14-21-18)26-6-2-5-23-26/h1-8,14,16-17H,9-13H2. The molecule has 2 aliphatic rings. The number of pyridine rings is 1. The van der Waals surface area contributed by atoms with E-state index in [1.807, 2.05) is 36.8 Å². The first kappa shape index (κ1) is 15.5. The van der Waals surface area contributed by atoms with Crippen LogP contribution in [-0.4, -0.2) is 55.8 Å². The molecule has 0 N–H and O–H groups in total. The normalized spacial score (nSPS) is 22.7. The molecular formula is C19H21N7. The summed E-state index contributed by atoms with van der Waals surface area (Å²) in [6.07, 6.45) is 9.10. The number of hydrogen-bond donors (Lipinski definition) is 0. The molecule has 5 rings (SSSR count). The van der Waals surface area contributed by atoms with E-state index in [-0.39, 0.29) is 0 Å². The van der Waals surface area contributed by atoms with Gasteiger partial charge < -0.3 is 4.90 Å². The van der Waals surface area contributed by atoms with Crippen LogP contribution in [0, 0.1) is 11.8 Å². The minimum absolute atomic E-state index is 0.704. The molecule has 0 bridgehead atoms. The summed E-state index contributed by atoms with van der Waals surface area (Å²) >= 11 is 0. The van der Waals surface area contributed by atoms with Crippen LogP contribution in [-0.2, 0) is 6.54 Å². The Kier molecular flexibility index (Phi) is 3.86. The van der Waals surface area contributed by atoms with Gasteiger partial charge in [-0.3, -0.25) is 9.88 Å². The predicted molar refractivity (Wildman–Crippen MR) is 97.9 cm³/mol. The van der Waals surface area contributed by atoms with Crippen LogP contribution in [0.3, 0.4) is 0 Å². The lowest BCUT2D eigenvalue weighted by Crippen LogP contribution is -2.29. The average molecular weight is 347 g/mol. The van der Waals surface area contributed by atoms with E-state index in [0.29, 0.717) is 11.8 Å². The predicted octanol–water partition coefficient (Wildman–Crippen LogP) is 1.63. The van der Waals surface area contributed by atoms with E-state index < -0.39 is 0 Å². The fourth-order valence-corrected chi connectivity index (χ4v) is 4.20. The molecule has 7 nitrogen and oxygen atoms in total. The van der Waals surface area contributed by atoms with Gasteiger partial charge in [0.1, 0.15) is 12.1 Å². The second-order valence-corrected chi connectivity index (χ2v) is 7.17. The smallest absolute Gasteiger partial charge is 0.158 e. The number of likely N-dealkylation sites (tertiary alicyclic amines) is 1. The fourth-order valence-electron chi connectivity index (χ4n) is 4.20. The zero-order chi connectivity index (χ0) is 17.3. The molecule has 0 aromatic carbocycles. The van der Waals surface area contributed by atoms with Crippen LogP contribution in [0.1, 0.15) is 5.56 Å². The maximum Gasteiger partial charge on any atom is 0.158 e. The molecule has 2 atom stereocenters. The molecule has 3 aromatic rings. The summed E-state index contributed by atoms with van der Waals surface area (Å²) in [5.41, 5.74) is 1.30. The number of anilines is 1. The average Bonchev–Trinajstić information content (AvgIpc) is 3.39. The fraction of sp³-hybridized carbons (Fsp3) is 0.368. The Morgan fingerprint density at radius 2 is 1.81 bits per heavy atom. The molecule has 0 spiro atoms. The Labute approximate surface area is 152 Å². The molecule has 0 aliphatic carbocycles. The molecule has 0 saturated carbocycles. The Morgan fingerprint density at radius 3 is 2.54 bits per heavy atom. The minimum Gasteiger partial charge on any atom is -0.356 e. The lowest BCUT2D eigenvalue weighted by molar-refractivity contribution is 0.308. The molecule has 2 aliphatic heterocycles. The highest BCUT2D eigenvalue weighted by Crippen LogP contribution is 2.34. The van der Waals surface area contributed by atoms with Gasteiger partial charge in [0.2, 0.25) is 0 Å². The van der Waals surface area contributed by atoms with Crippen molar-refractivity contribution < 1.29 is 0 Å². The number of hydrogen-bond acceptors (Lipinski definition) is 6. The van der Waals surface area contributed by atoms with E-state index in [1.54, 1.807) is 17.2 Å². The second-order valence-electron chi connectivity index (χ2n) is 7.17. The van der Waals surface area contributed by atoms with Gasteiger partial charge in [0.25, 0.3) is 0 Å². The maximum atomic E-state index is 4.50. The van der Waals surface area contributed by atoms with Crippen LogP contribution in [0.2, 0.25) is 0 Å². The summed E-state index contributed by atoms with van der Waals surface area (Å²) in [5, 5.41) is 4.26. The van der Waals surface area contributed by atoms with E-state index in [2.05, 4.69) is 35.9 Å². The van der Waals surface area contributed by atoms with Crippen molar-refractivity contribution in [2.45, 2.75) is 6.54 Å². The van der Waals surface area contributed by atoms with Crippen LogP contribution in [0.5, 0.6) is 0 Å². The Hall–Kier alpha value is -2.80. The zero-order valence-corrected chi connectivity index (χ0v) is 14.5. The zero-order valence-electron chi connectivity index (χ0n) is 14.5. The highest BCUT2D eigenvalue weighted by molar-refractivity contribution is 5.44. The van der Waals surface area contributed by atoms with Crippen LogP contribution in [0.15, 0.2) is 55.4 Å². The largest absolute Gasteiger partial charge is 0.356 e. The first-order valence-electron chi connectivity index (χ1n) is 9.03. The SMILES string of the molecule is c1cncc(CN2CC3CN(c4cc(-n5cccn5)ncn4)CC3C2)c1. The third-order valence-electron chi connectivity index (χ3n) is 5.39. The summed E-state index contributed by atoms with van der Waals surface area (Å²) < 4.78 is 1.78. The summed E-state index contributed by atoms with van der Waals surface area (Å²) in [4.78, 5) is 18.0. The monoisotopic (exact) mass is 347 g/mol. The first-order valence-corrected chi connectivity index (χ1v) is 9.03. The van der Waals surface area contributed by atoms with Crippen molar-refractivity contribution in [1.82, 2.24) is 29.6 Å². The van der Waals surface area contributed by atoms with Crippen LogP contribution >= 0.6 is 0 Å². The Balaban J connectivity index is 1.25.